The molecule has 0 aliphatic heterocycles. The molecule has 0 unspecified atom stereocenters. The van der Waals surface area contributed by atoms with Gasteiger partial charge in [-0.15, -0.1) is 0 Å². The van der Waals surface area contributed by atoms with Gasteiger partial charge in [0.25, 0.3) is 0 Å². The lowest BCUT2D eigenvalue weighted by Crippen LogP contribution is -2.50. The van der Waals surface area contributed by atoms with Gasteiger partial charge in [-0.1, -0.05) is 20.3 Å². The summed E-state index contributed by atoms with van der Waals surface area (Å²) in [5.41, 5.74) is 0. The predicted octanol–water partition coefficient (Wildman–Crippen LogP) is 3.16. The second-order valence-corrected chi connectivity index (χ2v) is 5.04. The number of hydrogen-bond donors (Lipinski definition) is 1. The lowest BCUT2D eigenvalue weighted by Gasteiger charge is -2.33. The molecule has 0 spiro atoms. The van der Waals surface area contributed by atoms with Crippen LogP contribution in [0, 0.1) is 5.92 Å². The van der Waals surface area contributed by atoms with Crippen molar-refractivity contribution in [1.29, 1.82) is 0 Å². The zero-order valence-electron chi connectivity index (χ0n) is 11.0. The van der Waals surface area contributed by atoms with Crippen LogP contribution in [0.4, 0.5) is 18.0 Å². The molecule has 0 heterocycles. The van der Waals surface area contributed by atoms with Crippen molar-refractivity contribution in [3.8, 4) is 0 Å². The lowest BCUT2D eigenvalue weighted by molar-refractivity contribution is -0.123. The molecule has 3 nitrogen and oxygen atoms in total. The van der Waals surface area contributed by atoms with Crippen LogP contribution in [0.1, 0.15) is 40.0 Å². The summed E-state index contributed by atoms with van der Waals surface area (Å²) in [7, 11) is 0. The van der Waals surface area contributed by atoms with Crippen molar-refractivity contribution in [3.63, 3.8) is 0 Å². The van der Waals surface area contributed by atoms with E-state index in [1.165, 1.54) is 0 Å². The van der Waals surface area contributed by atoms with Crippen LogP contribution in [0.15, 0.2) is 0 Å². The summed E-state index contributed by atoms with van der Waals surface area (Å²) in [6.07, 6.45) is -1.68. The van der Waals surface area contributed by atoms with Gasteiger partial charge in [0, 0.05) is 12.1 Å². The van der Waals surface area contributed by atoms with E-state index >= 15 is 0 Å². The number of carbonyl (C=O) groups is 1. The SMILES string of the molecule is CC[C@@H](C)[C@@H](C)N(C(=O)NCC(F)(F)F)C1CC1. The molecule has 0 aromatic rings. The van der Waals surface area contributed by atoms with Gasteiger partial charge in [-0.3, -0.25) is 0 Å². The van der Waals surface area contributed by atoms with Gasteiger partial charge in [0.15, 0.2) is 0 Å². The molecule has 0 saturated heterocycles. The summed E-state index contributed by atoms with van der Waals surface area (Å²) in [5, 5.41) is 1.97. The molecule has 1 rings (SSSR count). The second-order valence-electron chi connectivity index (χ2n) is 5.04. The molecule has 0 aromatic carbocycles. The summed E-state index contributed by atoms with van der Waals surface area (Å²) in [6, 6.07) is -0.513. The number of urea groups is 1. The normalized spacial score (nSPS) is 19.2. The van der Waals surface area contributed by atoms with Crippen LogP contribution < -0.4 is 5.32 Å². The first-order valence-corrected chi connectivity index (χ1v) is 6.39. The number of carbonyl (C=O) groups excluding carboxylic acids is 1. The molecule has 1 aliphatic carbocycles. The summed E-state index contributed by atoms with van der Waals surface area (Å²) in [4.78, 5) is 13.4. The third kappa shape index (κ3) is 4.38. The van der Waals surface area contributed by atoms with E-state index in [1.54, 1.807) is 4.90 Å². The van der Waals surface area contributed by atoms with Crippen LogP contribution in [0.5, 0.6) is 0 Å². The van der Waals surface area contributed by atoms with E-state index in [9.17, 15) is 18.0 Å². The van der Waals surface area contributed by atoms with Crippen molar-refractivity contribution < 1.29 is 18.0 Å². The Morgan fingerprint density at radius 1 is 1.39 bits per heavy atom. The van der Waals surface area contributed by atoms with Crippen LogP contribution >= 0.6 is 0 Å². The Hall–Kier alpha value is -0.940. The van der Waals surface area contributed by atoms with Crippen LogP contribution in [-0.4, -0.2) is 35.7 Å². The van der Waals surface area contributed by atoms with Gasteiger partial charge < -0.3 is 10.2 Å². The van der Waals surface area contributed by atoms with E-state index in [4.69, 9.17) is 0 Å². The fourth-order valence-electron chi connectivity index (χ4n) is 1.92. The van der Waals surface area contributed by atoms with Crippen molar-refractivity contribution in [1.82, 2.24) is 10.2 Å². The van der Waals surface area contributed by atoms with E-state index in [1.807, 2.05) is 26.1 Å². The first-order chi connectivity index (χ1) is 8.26. The van der Waals surface area contributed by atoms with Crippen molar-refractivity contribution in [2.45, 2.75) is 58.3 Å². The molecule has 1 saturated carbocycles. The van der Waals surface area contributed by atoms with Crippen molar-refractivity contribution in [3.05, 3.63) is 0 Å². The Kier molecular flexibility index (Phi) is 4.87. The van der Waals surface area contributed by atoms with Crippen LogP contribution in [-0.2, 0) is 0 Å². The summed E-state index contributed by atoms with van der Waals surface area (Å²) in [5.74, 6) is 0.280. The number of rotatable bonds is 5. The molecule has 1 fully saturated rings. The Bertz CT molecular complexity index is 290. The van der Waals surface area contributed by atoms with Gasteiger partial charge in [-0.05, 0) is 25.7 Å². The number of nitrogens with one attached hydrogen (secondary N) is 1. The van der Waals surface area contributed by atoms with Crippen molar-refractivity contribution in [2.24, 2.45) is 5.92 Å². The number of amides is 2. The maximum atomic E-state index is 12.1. The third-order valence-corrected chi connectivity index (χ3v) is 3.52. The van der Waals surface area contributed by atoms with E-state index in [0.29, 0.717) is 0 Å². The molecule has 1 aliphatic rings. The maximum absolute atomic E-state index is 12.1. The zero-order chi connectivity index (χ0) is 13.9. The molecular formula is C12H21F3N2O. The first kappa shape index (κ1) is 15.1. The minimum absolute atomic E-state index is 0.0317. The first-order valence-electron chi connectivity index (χ1n) is 6.39. The highest BCUT2D eigenvalue weighted by Crippen LogP contribution is 2.31. The quantitative estimate of drug-likeness (QED) is 0.814. The number of halogens is 3. The lowest BCUT2D eigenvalue weighted by atomic mass is 9.99. The molecule has 106 valence electrons. The molecule has 1 N–H and O–H groups in total. The van der Waals surface area contributed by atoms with Gasteiger partial charge in [-0.25, -0.2) is 4.79 Å². The Labute approximate surface area is 106 Å². The minimum atomic E-state index is -4.36. The summed E-state index contributed by atoms with van der Waals surface area (Å²) in [6.45, 7) is 4.67. The van der Waals surface area contributed by atoms with E-state index < -0.39 is 18.8 Å². The average Bonchev–Trinajstić information content (AvgIpc) is 3.08. The number of alkyl halides is 3. The second kappa shape index (κ2) is 5.80. The van der Waals surface area contributed by atoms with E-state index in [-0.39, 0.29) is 18.0 Å². The molecule has 0 bridgehead atoms. The van der Waals surface area contributed by atoms with Crippen LogP contribution in [0.25, 0.3) is 0 Å². The largest absolute Gasteiger partial charge is 0.405 e. The number of nitrogens with zero attached hydrogens (tertiary/aromatic N) is 1. The molecule has 6 heteroatoms. The monoisotopic (exact) mass is 266 g/mol. The Morgan fingerprint density at radius 2 is 1.94 bits per heavy atom. The molecule has 0 radical (unpaired) electrons. The minimum Gasteiger partial charge on any atom is -0.329 e. The van der Waals surface area contributed by atoms with Gasteiger partial charge in [-0.2, -0.15) is 13.2 Å². The molecular weight excluding hydrogens is 245 g/mol. The van der Waals surface area contributed by atoms with Crippen LogP contribution in [0.2, 0.25) is 0 Å². The summed E-state index contributed by atoms with van der Waals surface area (Å²) < 4.78 is 36.3. The van der Waals surface area contributed by atoms with Crippen LogP contribution in [0.3, 0.4) is 0 Å². The molecule has 0 aromatic heterocycles. The highest BCUT2D eigenvalue weighted by atomic mass is 19.4. The predicted molar refractivity (Wildman–Crippen MR) is 63.2 cm³/mol. The van der Waals surface area contributed by atoms with E-state index in [2.05, 4.69) is 0 Å². The van der Waals surface area contributed by atoms with Gasteiger partial charge in [0.1, 0.15) is 6.54 Å². The number of hydrogen-bond acceptors (Lipinski definition) is 1. The van der Waals surface area contributed by atoms with Gasteiger partial charge >= 0.3 is 12.2 Å². The van der Waals surface area contributed by atoms with E-state index in [0.717, 1.165) is 19.3 Å². The zero-order valence-corrected chi connectivity index (χ0v) is 11.0. The average molecular weight is 266 g/mol. The molecule has 2 atom stereocenters. The fourth-order valence-corrected chi connectivity index (χ4v) is 1.92. The highest BCUT2D eigenvalue weighted by molar-refractivity contribution is 5.75. The van der Waals surface area contributed by atoms with Crippen molar-refractivity contribution in [2.75, 3.05) is 6.54 Å². The fraction of sp³-hybridized carbons (Fsp3) is 0.917. The van der Waals surface area contributed by atoms with Crippen molar-refractivity contribution >= 4 is 6.03 Å². The maximum Gasteiger partial charge on any atom is 0.405 e. The van der Waals surface area contributed by atoms with Gasteiger partial charge in [0.05, 0.1) is 0 Å². The molecule has 2 amide bonds. The molecule has 18 heavy (non-hydrogen) atoms. The summed E-state index contributed by atoms with van der Waals surface area (Å²) >= 11 is 0. The van der Waals surface area contributed by atoms with Gasteiger partial charge in [0.2, 0.25) is 0 Å². The topological polar surface area (TPSA) is 32.3 Å². The standard InChI is InChI=1S/C12H21F3N2O/c1-4-8(2)9(3)17(10-5-6-10)11(18)16-7-12(13,14)15/h8-10H,4-7H2,1-3H3,(H,16,18)/t8-,9-/m1/s1. The third-order valence-electron chi connectivity index (χ3n) is 3.52. The Morgan fingerprint density at radius 3 is 2.33 bits per heavy atom. The Balaban J connectivity index is 2.59. The smallest absolute Gasteiger partial charge is 0.329 e. The highest BCUT2D eigenvalue weighted by Gasteiger charge is 2.38.